The van der Waals surface area contributed by atoms with Crippen LogP contribution in [0.4, 0.5) is 4.39 Å². The van der Waals surface area contributed by atoms with Crippen molar-refractivity contribution in [3.05, 3.63) is 51.7 Å². The van der Waals surface area contributed by atoms with E-state index in [9.17, 15) is 9.18 Å². The maximum atomic E-state index is 13.0. The summed E-state index contributed by atoms with van der Waals surface area (Å²) in [6, 6.07) is 6.34. The van der Waals surface area contributed by atoms with Crippen molar-refractivity contribution < 1.29 is 9.18 Å². The molecule has 0 aliphatic heterocycles. The second kappa shape index (κ2) is 9.71. The molecule has 0 radical (unpaired) electrons. The summed E-state index contributed by atoms with van der Waals surface area (Å²) in [5.74, 6) is -0.176. The zero-order chi connectivity index (χ0) is 16.8. The fourth-order valence-electron chi connectivity index (χ4n) is 2.22. The number of thiazole rings is 1. The van der Waals surface area contributed by atoms with Crippen LogP contribution in [0.3, 0.4) is 0 Å². The van der Waals surface area contributed by atoms with Crippen molar-refractivity contribution in [3.63, 3.8) is 0 Å². The smallest absolute Gasteiger partial charge is 0.270 e. The average Bonchev–Trinajstić information content (AvgIpc) is 2.97. The van der Waals surface area contributed by atoms with Gasteiger partial charge in [0.05, 0.1) is 5.01 Å². The molecule has 4 nitrogen and oxygen atoms in total. The molecule has 1 unspecified atom stereocenters. The van der Waals surface area contributed by atoms with Gasteiger partial charge < -0.3 is 11.1 Å². The first-order valence-electron chi connectivity index (χ1n) is 7.69. The van der Waals surface area contributed by atoms with Crippen molar-refractivity contribution in [2.24, 2.45) is 11.7 Å². The van der Waals surface area contributed by atoms with Crippen molar-refractivity contribution in [1.29, 1.82) is 0 Å². The lowest BCUT2D eigenvalue weighted by Crippen LogP contribution is -2.40. The molecule has 0 bridgehead atoms. The van der Waals surface area contributed by atoms with E-state index in [1.54, 1.807) is 17.5 Å². The first kappa shape index (κ1) is 20.5. The van der Waals surface area contributed by atoms with E-state index >= 15 is 0 Å². The third kappa shape index (κ3) is 5.85. The number of halogens is 2. The highest BCUT2D eigenvalue weighted by molar-refractivity contribution is 7.09. The number of carbonyl (C=O) groups excluding carboxylic acids is 1. The van der Waals surface area contributed by atoms with Crippen molar-refractivity contribution >= 4 is 29.7 Å². The van der Waals surface area contributed by atoms with E-state index < -0.39 is 0 Å². The molecular formula is C17H23ClFN3OS. The van der Waals surface area contributed by atoms with E-state index in [0.29, 0.717) is 25.1 Å². The van der Waals surface area contributed by atoms with Crippen LogP contribution >= 0.6 is 23.7 Å². The molecule has 0 saturated carbocycles. The van der Waals surface area contributed by atoms with Gasteiger partial charge in [-0.1, -0.05) is 26.0 Å². The van der Waals surface area contributed by atoms with E-state index in [1.165, 1.54) is 23.5 Å². The molecule has 0 fully saturated rings. The molecule has 1 amide bonds. The van der Waals surface area contributed by atoms with Gasteiger partial charge in [0.2, 0.25) is 0 Å². The van der Waals surface area contributed by atoms with Gasteiger partial charge >= 0.3 is 0 Å². The zero-order valence-electron chi connectivity index (χ0n) is 13.8. The molecule has 132 valence electrons. The van der Waals surface area contributed by atoms with Gasteiger partial charge in [0, 0.05) is 17.8 Å². The minimum absolute atomic E-state index is 0. The molecule has 1 atom stereocenters. The first-order valence-corrected chi connectivity index (χ1v) is 8.57. The number of carbonyl (C=O) groups is 1. The van der Waals surface area contributed by atoms with Gasteiger partial charge in [-0.3, -0.25) is 4.79 Å². The minimum atomic E-state index is -0.256. The van der Waals surface area contributed by atoms with E-state index in [1.807, 2.05) is 0 Å². The number of nitrogens with one attached hydrogen (secondary N) is 1. The highest BCUT2D eigenvalue weighted by atomic mass is 35.5. The van der Waals surface area contributed by atoms with Crippen LogP contribution in [0.2, 0.25) is 0 Å². The lowest BCUT2D eigenvalue weighted by atomic mass is 9.96. The van der Waals surface area contributed by atoms with Crippen LogP contribution in [-0.4, -0.2) is 23.5 Å². The molecule has 2 rings (SSSR count). The Labute approximate surface area is 152 Å². The third-order valence-electron chi connectivity index (χ3n) is 3.63. The number of nitrogens with two attached hydrogens (primary N) is 1. The molecule has 24 heavy (non-hydrogen) atoms. The lowest BCUT2D eigenvalue weighted by molar-refractivity contribution is 0.0921. The van der Waals surface area contributed by atoms with Gasteiger partial charge in [-0.2, -0.15) is 0 Å². The molecule has 3 N–H and O–H groups in total. The van der Waals surface area contributed by atoms with Gasteiger partial charge in [-0.25, -0.2) is 9.37 Å². The number of amides is 1. The summed E-state index contributed by atoms with van der Waals surface area (Å²) in [6.07, 6.45) is 1.34. The molecule has 2 aromatic rings. The fourth-order valence-corrected chi connectivity index (χ4v) is 3.02. The van der Waals surface area contributed by atoms with Crippen molar-refractivity contribution in [2.75, 3.05) is 6.54 Å². The Hall–Kier alpha value is -1.50. The number of rotatable bonds is 7. The molecule has 0 saturated heterocycles. The Kier molecular flexibility index (Phi) is 8.31. The van der Waals surface area contributed by atoms with Crippen LogP contribution in [0.15, 0.2) is 29.6 Å². The zero-order valence-corrected chi connectivity index (χ0v) is 15.4. The predicted molar refractivity (Wildman–Crippen MR) is 98.3 cm³/mol. The van der Waals surface area contributed by atoms with Crippen LogP contribution in [0.1, 0.15) is 34.9 Å². The van der Waals surface area contributed by atoms with E-state index in [4.69, 9.17) is 5.73 Å². The second-order valence-corrected chi connectivity index (χ2v) is 6.76. The fraction of sp³-hybridized carbons (Fsp3) is 0.412. The maximum absolute atomic E-state index is 13.0. The maximum Gasteiger partial charge on any atom is 0.270 e. The quantitative estimate of drug-likeness (QED) is 0.785. The summed E-state index contributed by atoms with van der Waals surface area (Å²) in [5.41, 5.74) is 6.93. The third-order valence-corrected chi connectivity index (χ3v) is 4.54. The highest BCUT2D eigenvalue weighted by Crippen LogP contribution is 2.14. The average molecular weight is 372 g/mol. The summed E-state index contributed by atoms with van der Waals surface area (Å²) < 4.78 is 13.0. The standard InChI is InChI=1S/C17H22FN3OS.ClH/c1-11(2)14(9-12-3-5-13(18)6-4-12)21-17(22)15-10-23-16(20-15)7-8-19;/h3-6,10-11,14H,7-9,19H2,1-2H3,(H,21,22);1H. The Morgan fingerprint density at radius 3 is 2.58 bits per heavy atom. The van der Waals surface area contributed by atoms with E-state index in [0.717, 1.165) is 10.6 Å². The monoisotopic (exact) mass is 371 g/mol. The number of hydrogen-bond donors (Lipinski definition) is 2. The molecular weight excluding hydrogens is 349 g/mol. The van der Waals surface area contributed by atoms with Crippen LogP contribution in [0.25, 0.3) is 0 Å². The summed E-state index contributed by atoms with van der Waals surface area (Å²) in [5, 5.41) is 5.66. The van der Waals surface area contributed by atoms with E-state index in [2.05, 4.69) is 24.1 Å². The summed E-state index contributed by atoms with van der Waals surface area (Å²) in [7, 11) is 0. The van der Waals surface area contributed by atoms with Crippen LogP contribution in [-0.2, 0) is 12.8 Å². The minimum Gasteiger partial charge on any atom is -0.347 e. The summed E-state index contributed by atoms with van der Waals surface area (Å²) >= 11 is 1.45. The number of benzene rings is 1. The van der Waals surface area contributed by atoms with Crippen molar-refractivity contribution in [3.8, 4) is 0 Å². The van der Waals surface area contributed by atoms with Crippen LogP contribution < -0.4 is 11.1 Å². The highest BCUT2D eigenvalue weighted by Gasteiger charge is 2.19. The van der Waals surface area contributed by atoms with E-state index in [-0.39, 0.29) is 36.1 Å². The molecule has 7 heteroatoms. The van der Waals surface area contributed by atoms with Crippen LogP contribution in [0, 0.1) is 11.7 Å². The first-order chi connectivity index (χ1) is 11.0. The van der Waals surface area contributed by atoms with Gasteiger partial charge in [-0.15, -0.1) is 23.7 Å². The summed E-state index contributed by atoms with van der Waals surface area (Å²) in [4.78, 5) is 16.7. The Morgan fingerprint density at radius 2 is 2.00 bits per heavy atom. The van der Waals surface area contributed by atoms with Gasteiger partial charge in [0.15, 0.2) is 0 Å². The topological polar surface area (TPSA) is 68.0 Å². The summed E-state index contributed by atoms with van der Waals surface area (Å²) in [6.45, 7) is 4.62. The van der Waals surface area contributed by atoms with Gasteiger partial charge in [0.1, 0.15) is 11.5 Å². The Morgan fingerprint density at radius 1 is 1.33 bits per heavy atom. The second-order valence-electron chi connectivity index (χ2n) is 5.82. The molecule has 1 aromatic carbocycles. The molecule has 1 aromatic heterocycles. The SMILES string of the molecule is CC(C)C(Cc1ccc(F)cc1)NC(=O)c1csc(CCN)n1.Cl. The van der Waals surface area contributed by atoms with Crippen molar-refractivity contribution in [1.82, 2.24) is 10.3 Å². The number of hydrogen-bond acceptors (Lipinski definition) is 4. The lowest BCUT2D eigenvalue weighted by Gasteiger charge is -2.22. The predicted octanol–water partition coefficient (Wildman–Crippen LogP) is 3.20. The molecule has 0 aliphatic rings. The largest absolute Gasteiger partial charge is 0.347 e. The van der Waals surface area contributed by atoms with Crippen LogP contribution in [0.5, 0.6) is 0 Å². The van der Waals surface area contributed by atoms with Crippen molar-refractivity contribution in [2.45, 2.75) is 32.7 Å². The molecule has 0 spiro atoms. The molecule has 0 aliphatic carbocycles. The van der Waals surface area contributed by atoms with Gasteiger partial charge in [0.25, 0.3) is 5.91 Å². The van der Waals surface area contributed by atoms with Gasteiger partial charge in [-0.05, 0) is 36.6 Å². The number of aromatic nitrogens is 1. The normalized spacial score (nSPS) is 11.9. The molecule has 1 heterocycles. The number of nitrogens with zero attached hydrogens (tertiary/aromatic N) is 1. The Bertz CT molecular complexity index is 646. The Balaban J connectivity index is 0.00000288.